The molecule has 2 aromatic rings. The lowest BCUT2D eigenvalue weighted by Gasteiger charge is -2.06. The number of benzene rings is 1. The van der Waals surface area contributed by atoms with Crippen LogP contribution in [-0.2, 0) is 19.4 Å². The second-order valence-electron chi connectivity index (χ2n) is 4.42. The number of aryl methyl sites for hydroxylation is 1. The molecule has 0 aliphatic rings. The fraction of sp³-hybridized carbons (Fsp3) is 0.267. The molecule has 0 saturated carbocycles. The van der Waals surface area contributed by atoms with Crippen LogP contribution in [0.1, 0.15) is 22.2 Å². The first kappa shape index (κ1) is 14.4. The molecule has 0 bridgehead atoms. The van der Waals surface area contributed by atoms with Crippen molar-refractivity contribution in [3.63, 3.8) is 0 Å². The normalized spacial score (nSPS) is 11.6. The summed E-state index contributed by atoms with van der Waals surface area (Å²) in [5, 5.41) is 11.5. The first-order chi connectivity index (χ1) is 9.71. The summed E-state index contributed by atoms with van der Waals surface area (Å²) in [5.74, 6) is 1.02. The number of hydrogen-bond donors (Lipinski definition) is 2. The summed E-state index contributed by atoms with van der Waals surface area (Å²) in [7, 11) is 0. The molecule has 3 N–H and O–H groups in total. The molecule has 0 amide bonds. The van der Waals surface area contributed by atoms with Crippen molar-refractivity contribution in [1.82, 2.24) is 0 Å². The standard InChI is InChI=1S/C15H18N2O2S/c1-2-13-7-8-14(20-13)10-19-12-5-3-11(4-6-12)9-15(16)17-18/h3-8,18H,2,9-10H2,1H3,(H2,16,17). The van der Waals surface area contributed by atoms with E-state index in [9.17, 15) is 0 Å². The van der Waals surface area contributed by atoms with E-state index in [1.54, 1.807) is 11.3 Å². The number of oxime groups is 1. The largest absolute Gasteiger partial charge is 0.488 e. The van der Waals surface area contributed by atoms with Crippen LogP contribution in [0.2, 0.25) is 0 Å². The minimum atomic E-state index is 0.198. The Labute approximate surface area is 122 Å². The van der Waals surface area contributed by atoms with Crippen molar-refractivity contribution in [2.75, 3.05) is 0 Å². The van der Waals surface area contributed by atoms with Crippen LogP contribution >= 0.6 is 11.3 Å². The Morgan fingerprint density at radius 3 is 2.50 bits per heavy atom. The fourth-order valence-electron chi connectivity index (χ4n) is 1.79. The first-order valence-electron chi connectivity index (χ1n) is 6.47. The number of thiophene rings is 1. The summed E-state index contributed by atoms with van der Waals surface area (Å²) in [4.78, 5) is 2.60. The van der Waals surface area contributed by atoms with Crippen molar-refractivity contribution in [3.05, 3.63) is 51.7 Å². The molecule has 1 aromatic carbocycles. The zero-order chi connectivity index (χ0) is 14.4. The molecular formula is C15H18N2O2S. The Morgan fingerprint density at radius 1 is 1.20 bits per heavy atom. The van der Waals surface area contributed by atoms with Gasteiger partial charge < -0.3 is 15.7 Å². The maximum Gasteiger partial charge on any atom is 0.143 e. The van der Waals surface area contributed by atoms with E-state index >= 15 is 0 Å². The fourth-order valence-corrected chi connectivity index (χ4v) is 2.66. The maximum absolute atomic E-state index is 8.52. The Morgan fingerprint density at radius 2 is 1.90 bits per heavy atom. The van der Waals surface area contributed by atoms with Crippen LogP contribution in [0, 0.1) is 0 Å². The molecule has 0 aliphatic carbocycles. The van der Waals surface area contributed by atoms with Crippen molar-refractivity contribution in [2.24, 2.45) is 10.9 Å². The van der Waals surface area contributed by atoms with Crippen molar-refractivity contribution >= 4 is 17.2 Å². The van der Waals surface area contributed by atoms with Crippen molar-refractivity contribution in [2.45, 2.75) is 26.4 Å². The second-order valence-corrected chi connectivity index (χ2v) is 5.68. The van der Waals surface area contributed by atoms with Gasteiger partial charge in [0.2, 0.25) is 0 Å². The first-order valence-corrected chi connectivity index (χ1v) is 7.28. The highest BCUT2D eigenvalue weighted by Crippen LogP contribution is 2.20. The Kier molecular flexibility index (Phi) is 5.01. The van der Waals surface area contributed by atoms with E-state index in [2.05, 4.69) is 24.2 Å². The van der Waals surface area contributed by atoms with Gasteiger partial charge in [-0.2, -0.15) is 0 Å². The number of ether oxygens (including phenoxy) is 1. The molecule has 0 saturated heterocycles. The highest BCUT2D eigenvalue weighted by atomic mass is 32.1. The van der Waals surface area contributed by atoms with Gasteiger partial charge in [0.1, 0.15) is 18.2 Å². The van der Waals surface area contributed by atoms with Crippen LogP contribution < -0.4 is 10.5 Å². The molecule has 2 rings (SSSR count). The van der Waals surface area contributed by atoms with Gasteiger partial charge in [0, 0.05) is 16.2 Å². The lowest BCUT2D eigenvalue weighted by atomic mass is 10.1. The topological polar surface area (TPSA) is 67.8 Å². The average molecular weight is 290 g/mol. The maximum atomic E-state index is 8.52. The molecule has 4 nitrogen and oxygen atoms in total. The number of amidine groups is 1. The summed E-state index contributed by atoms with van der Waals surface area (Å²) >= 11 is 1.78. The van der Waals surface area contributed by atoms with Gasteiger partial charge in [-0.25, -0.2) is 0 Å². The van der Waals surface area contributed by atoms with Crippen LogP contribution in [0.25, 0.3) is 0 Å². The third-order valence-corrected chi connectivity index (χ3v) is 4.09. The van der Waals surface area contributed by atoms with Gasteiger partial charge in [-0.05, 0) is 36.2 Å². The van der Waals surface area contributed by atoms with Crippen LogP contribution in [0.4, 0.5) is 0 Å². The van der Waals surface area contributed by atoms with E-state index in [0.717, 1.165) is 17.7 Å². The molecule has 0 unspecified atom stereocenters. The minimum Gasteiger partial charge on any atom is -0.488 e. The zero-order valence-electron chi connectivity index (χ0n) is 11.4. The average Bonchev–Trinajstić information content (AvgIpc) is 2.94. The molecule has 20 heavy (non-hydrogen) atoms. The van der Waals surface area contributed by atoms with Crippen molar-refractivity contribution < 1.29 is 9.94 Å². The Hall–Kier alpha value is -2.01. The molecular weight excluding hydrogens is 272 g/mol. The quantitative estimate of drug-likeness (QED) is 0.371. The van der Waals surface area contributed by atoms with Crippen LogP contribution in [0.15, 0.2) is 41.6 Å². The third kappa shape index (κ3) is 3.99. The summed E-state index contributed by atoms with van der Waals surface area (Å²) < 4.78 is 5.74. The van der Waals surface area contributed by atoms with E-state index < -0.39 is 0 Å². The Balaban J connectivity index is 1.90. The summed E-state index contributed by atoms with van der Waals surface area (Å²) in [6, 6.07) is 11.9. The lowest BCUT2D eigenvalue weighted by Crippen LogP contribution is -2.14. The predicted octanol–water partition coefficient (Wildman–Crippen LogP) is 3.18. The van der Waals surface area contributed by atoms with Gasteiger partial charge in [0.15, 0.2) is 0 Å². The lowest BCUT2D eigenvalue weighted by molar-refractivity contribution is 0.309. The van der Waals surface area contributed by atoms with Gasteiger partial charge in [-0.1, -0.05) is 24.2 Å². The molecule has 0 fully saturated rings. The van der Waals surface area contributed by atoms with Gasteiger partial charge >= 0.3 is 0 Å². The highest BCUT2D eigenvalue weighted by molar-refractivity contribution is 7.11. The zero-order valence-corrected chi connectivity index (χ0v) is 12.2. The third-order valence-electron chi connectivity index (χ3n) is 2.88. The van der Waals surface area contributed by atoms with E-state index in [1.165, 1.54) is 9.75 Å². The van der Waals surface area contributed by atoms with Gasteiger partial charge in [0.25, 0.3) is 0 Å². The molecule has 0 spiro atoms. The minimum absolute atomic E-state index is 0.198. The molecule has 0 aliphatic heterocycles. The van der Waals surface area contributed by atoms with Gasteiger partial charge in [-0.3, -0.25) is 0 Å². The van der Waals surface area contributed by atoms with Crippen LogP contribution in [0.3, 0.4) is 0 Å². The number of hydrogen-bond acceptors (Lipinski definition) is 4. The van der Waals surface area contributed by atoms with Crippen LogP contribution in [0.5, 0.6) is 5.75 Å². The van der Waals surface area contributed by atoms with Crippen molar-refractivity contribution in [1.29, 1.82) is 0 Å². The monoisotopic (exact) mass is 290 g/mol. The predicted molar refractivity (Wildman–Crippen MR) is 81.6 cm³/mol. The summed E-state index contributed by atoms with van der Waals surface area (Å²) in [6.07, 6.45) is 1.49. The van der Waals surface area contributed by atoms with E-state index in [1.807, 2.05) is 24.3 Å². The molecule has 5 heteroatoms. The summed E-state index contributed by atoms with van der Waals surface area (Å²) in [5.41, 5.74) is 6.45. The van der Waals surface area contributed by atoms with E-state index in [4.69, 9.17) is 15.7 Å². The van der Waals surface area contributed by atoms with Crippen molar-refractivity contribution in [3.8, 4) is 5.75 Å². The van der Waals surface area contributed by atoms with Gasteiger partial charge in [0.05, 0.1) is 0 Å². The SMILES string of the molecule is CCc1ccc(COc2ccc(C/C(N)=N/O)cc2)s1. The smallest absolute Gasteiger partial charge is 0.143 e. The molecule has 1 aromatic heterocycles. The van der Waals surface area contributed by atoms with E-state index in [-0.39, 0.29) is 5.84 Å². The molecule has 0 radical (unpaired) electrons. The molecule has 0 atom stereocenters. The molecule has 1 heterocycles. The summed E-state index contributed by atoms with van der Waals surface area (Å²) in [6.45, 7) is 2.74. The highest BCUT2D eigenvalue weighted by Gasteiger charge is 2.01. The number of nitrogens with zero attached hydrogens (tertiary/aromatic N) is 1. The second kappa shape index (κ2) is 6.96. The van der Waals surface area contributed by atoms with Crippen LogP contribution in [-0.4, -0.2) is 11.0 Å². The molecule has 106 valence electrons. The van der Waals surface area contributed by atoms with E-state index in [0.29, 0.717) is 13.0 Å². The number of nitrogens with two attached hydrogens (primary N) is 1. The number of rotatable bonds is 6. The van der Waals surface area contributed by atoms with Gasteiger partial charge in [-0.15, -0.1) is 11.3 Å². The Bertz CT molecular complexity index is 576.